The normalized spacial score (nSPS) is 14.7. The molecule has 0 bridgehead atoms. The molecule has 0 spiro atoms. The first-order valence-electron chi connectivity index (χ1n) is 11.0. The van der Waals surface area contributed by atoms with Crippen LogP contribution in [0.4, 0.5) is 9.18 Å². The third-order valence-electron chi connectivity index (χ3n) is 5.36. The number of rotatable bonds is 9. The average Bonchev–Trinajstić information content (AvgIpc) is 2.85. The molecule has 1 aliphatic heterocycles. The number of ether oxygens (including phenoxy) is 3. The molecule has 180 valence electrons. The lowest BCUT2D eigenvalue weighted by Crippen LogP contribution is -2.69. The van der Waals surface area contributed by atoms with E-state index in [1.807, 2.05) is 18.2 Å². The van der Waals surface area contributed by atoms with Gasteiger partial charge in [0.1, 0.15) is 23.1 Å². The number of benzene rings is 3. The second-order valence-corrected chi connectivity index (χ2v) is 7.69. The SMILES string of the molecule is CCOCCC1(Oc2ccc(Oc3ccc(F)c(-c4ccccc4)c3)cc2)C(=O)NC(=O)NC1=O. The highest BCUT2D eigenvalue weighted by atomic mass is 19.1. The summed E-state index contributed by atoms with van der Waals surface area (Å²) in [6.07, 6.45) is -0.0954. The molecule has 4 rings (SSSR count). The average molecular weight is 478 g/mol. The molecule has 1 heterocycles. The minimum Gasteiger partial charge on any atom is -0.467 e. The Morgan fingerprint density at radius 1 is 0.829 bits per heavy atom. The van der Waals surface area contributed by atoms with Crippen LogP contribution in [0.5, 0.6) is 17.2 Å². The van der Waals surface area contributed by atoms with Crippen LogP contribution in [-0.4, -0.2) is 36.7 Å². The molecule has 1 saturated heterocycles. The zero-order chi connectivity index (χ0) is 24.8. The number of nitrogens with one attached hydrogen (secondary N) is 2. The third-order valence-corrected chi connectivity index (χ3v) is 5.36. The fourth-order valence-corrected chi connectivity index (χ4v) is 3.59. The summed E-state index contributed by atoms with van der Waals surface area (Å²) in [5.41, 5.74) is -0.838. The fraction of sp³-hybridized carbons (Fsp3) is 0.192. The standard InChI is InChI=1S/C26H23FN2O6/c1-2-33-15-14-26(23(30)28-25(32)29-24(26)31)35-19-10-8-18(9-11-19)34-20-12-13-22(27)21(16-20)17-6-4-3-5-7-17/h3-13,16H,2,14-15H2,1H3,(H2,28,29,30,31,32). The molecule has 0 atom stereocenters. The lowest BCUT2D eigenvalue weighted by molar-refractivity contribution is -0.153. The van der Waals surface area contributed by atoms with E-state index in [1.54, 1.807) is 37.3 Å². The topological polar surface area (TPSA) is 103 Å². The first-order chi connectivity index (χ1) is 16.9. The largest absolute Gasteiger partial charge is 0.467 e. The summed E-state index contributed by atoms with van der Waals surface area (Å²) in [5, 5.41) is 4.14. The Hall–Kier alpha value is -4.24. The van der Waals surface area contributed by atoms with E-state index in [4.69, 9.17) is 14.2 Å². The van der Waals surface area contributed by atoms with Crippen LogP contribution in [0.15, 0.2) is 72.8 Å². The highest BCUT2D eigenvalue weighted by Gasteiger charge is 2.52. The maximum absolute atomic E-state index is 14.3. The van der Waals surface area contributed by atoms with Crippen molar-refractivity contribution in [1.29, 1.82) is 0 Å². The molecule has 3 aromatic rings. The van der Waals surface area contributed by atoms with Crippen LogP contribution in [0, 0.1) is 5.82 Å². The van der Waals surface area contributed by atoms with Crippen molar-refractivity contribution < 1.29 is 33.0 Å². The molecule has 4 amide bonds. The summed E-state index contributed by atoms with van der Waals surface area (Å²) in [6, 6.07) is 18.9. The minimum absolute atomic E-state index is 0.0705. The summed E-state index contributed by atoms with van der Waals surface area (Å²) in [7, 11) is 0. The summed E-state index contributed by atoms with van der Waals surface area (Å²) >= 11 is 0. The van der Waals surface area contributed by atoms with Crippen molar-refractivity contribution >= 4 is 17.8 Å². The van der Waals surface area contributed by atoms with Crippen LogP contribution >= 0.6 is 0 Å². The van der Waals surface area contributed by atoms with Gasteiger partial charge >= 0.3 is 6.03 Å². The van der Waals surface area contributed by atoms with E-state index < -0.39 is 23.4 Å². The lowest BCUT2D eigenvalue weighted by Gasteiger charge is -2.34. The molecule has 0 radical (unpaired) electrons. The van der Waals surface area contributed by atoms with E-state index in [1.165, 1.54) is 24.3 Å². The monoisotopic (exact) mass is 478 g/mol. The Morgan fingerprint density at radius 2 is 1.46 bits per heavy atom. The molecule has 1 fully saturated rings. The molecular weight excluding hydrogens is 455 g/mol. The third kappa shape index (κ3) is 5.30. The number of urea groups is 1. The van der Waals surface area contributed by atoms with Crippen molar-refractivity contribution in [2.45, 2.75) is 18.9 Å². The van der Waals surface area contributed by atoms with Gasteiger partial charge in [-0.1, -0.05) is 30.3 Å². The predicted octanol–water partition coefficient (Wildman–Crippen LogP) is 4.20. The van der Waals surface area contributed by atoms with Gasteiger partial charge in [0.2, 0.25) is 0 Å². The Balaban J connectivity index is 1.52. The molecule has 3 aromatic carbocycles. The highest BCUT2D eigenvalue weighted by Crippen LogP contribution is 2.31. The van der Waals surface area contributed by atoms with Crippen LogP contribution in [-0.2, 0) is 14.3 Å². The number of amides is 4. The molecule has 1 aliphatic rings. The van der Waals surface area contributed by atoms with E-state index in [2.05, 4.69) is 10.6 Å². The van der Waals surface area contributed by atoms with Gasteiger partial charge in [-0.25, -0.2) is 9.18 Å². The molecule has 0 saturated carbocycles. The number of hydrogen-bond acceptors (Lipinski definition) is 6. The van der Waals surface area contributed by atoms with Gasteiger partial charge in [0.05, 0.1) is 6.61 Å². The van der Waals surface area contributed by atoms with E-state index >= 15 is 0 Å². The Kier molecular flexibility index (Phi) is 7.07. The zero-order valence-corrected chi connectivity index (χ0v) is 18.9. The van der Waals surface area contributed by atoms with E-state index in [0.29, 0.717) is 23.7 Å². The van der Waals surface area contributed by atoms with Crippen molar-refractivity contribution in [3.05, 3.63) is 78.6 Å². The smallest absolute Gasteiger partial charge is 0.328 e. The molecule has 0 aromatic heterocycles. The van der Waals surface area contributed by atoms with Gasteiger partial charge in [0.25, 0.3) is 17.4 Å². The first-order valence-corrected chi connectivity index (χ1v) is 11.0. The van der Waals surface area contributed by atoms with Gasteiger partial charge in [0, 0.05) is 18.6 Å². The number of barbiturate groups is 1. The molecule has 8 nitrogen and oxygen atoms in total. The quantitative estimate of drug-likeness (QED) is 0.353. The summed E-state index contributed by atoms with van der Waals surface area (Å²) in [4.78, 5) is 36.7. The van der Waals surface area contributed by atoms with E-state index in [0.717, 1.165) is 5.56 Å². The summed E-state index contributed by atoms with van der Waals surface area (Å²) in [5.74, 6) is -1.04. The highest BCUT2D eigenvalue weighted by molar-refractivity contribution is 6.21. The lowest BCUT2D eigenvalue weighted by atomic mass is 9.95. The van der Waals surface area contributed by atoms with E-state index in [9.17, 15) is 18.8 Å². The Morgan fingerprint density at radius 3 is 2.11 bits per heavy atom. The van der Waals surface area contributed by atoms with Crippen LogP contribution in [0.2, 0.25) is 0 Å². The number of halogens is 1. The number of imide groups is 2. The van der Waals surface area contributed by atoms with Crippen LogP contribution in [0.3, 0.4) is 0 Å². The van der Waals surface area contributed by atoms with Crippen LogP contribution in [0.25, 0.3) is 11.1 Å². The predicted molar refractivity (Wildman–Crippen MR) is 125 cm³/mol. The summed E-state index contributed by atoms with van der Waals surface area (Å²) in [6.45, 7) is 2.24. The van der Waals surface area contributed by atoms with Gasteiger partial charge in [-0.15, -0.1) is 0 Å². The van der Waals surface area contributed by atoms with Gasteiger partial charge in [-0.05, 0) is 55.0 Å². The van der Waals surface area contributed by atoms with Crippen molar-refractivity contribution in [2.75, 3.05) is 13.2 Å². The Labute approximate surface area is 201 Å². The van der Waals surface area contributed by atoms with Gasteiger partial charge in [0.15, 0.2) is 0 Å². The molecule has 0 unspecified atom stereocenters. The zero-order valence-electron chi connectivity index (χ0n) is 18.9. The Bertz CT molecular complexity index is 1210. The molecule has 35 heavy (non-hydrogen) atoms. The van der Waals surface area contributed by atoms with Crippen molar-refractivity contribution in [1.82, 2.24) is 10.6 Å². The second-order valence-electron chi connectivity index (χ2n) is 7.69. The number of carbonyl (C=O) groups excluding carboxylic acids is 3. The van der Waals surface area contributed by atoms with Crippen LogP contribution in [0.1, 0.15) is 13.3 Å². The first kappa shape index (κ1) is 23.9. The van der Waals surface area contributed by atoms with E-state index in [-0.39, 0.29) is 24.6 Å². The molecule has 9 heteroatoms. The second kappa shape index (κ2) is 10.4. The maximum Gasteiger partial charge on any atom is 0.328 e. The molecular formula is C26H23FN2O6. The van der Waals surface area contributed by atoms with Crippen LogP contribution < -0.4 is 20.1 Å². The van der Waals surface area contributed by atoms with Crippen molar-refractivity contribution in [2.24, 2.45) is 0 Å². The van der Waals surface area contributed by atoms with Crippen molar-refractivity contribution in [3.8, 4) is 28.4 Å². The van der Waals surface area contributed by atoms with Gasteiger partial charge in [-0.2, -0.15) is 0 Å². The molecule has 2 N–H and O–H groups in total. The van der Waals surface area contributed by atoms with Crippen molar-refractivity contribution in [3.63, 3.8) is 0 Å². The maximum atomic E-state index is 14.3. The summed E-state index contributed by atoms with van der Waals surface area (Å²) < 4.78 is 31.3. The number of carbonyl (C=O) groups is 3. The van der Waals surface area contributed by atoms with Gasteiger partial charge < -0.3 is 14.2 Å². The van der Waals surface area contributed by atoms with Gasteiger partial charge in [-0.3, -0.25) is 20.2 Å². The fourth-order valence-electron chi connectivity index (χ4n) is 3.59. The number of hydrogen-bond donors (Lipinski definition) is 2. The minimum atomic E-state index is -1.97. The molecule has 0 aliphatic carbocycles.